The summed E-state index contributed by atoms with van der Waals surface area (Å²) in [4.78, 5) is 56.0. The van der Waals surface area contributed by atoms with E-state index >= 15 is 0 Å². The van der Waals surface area contributed by atoms with E-state index in [4.69, 9.17) is 0 Å². The smallest absolute Gasteiger partial charge is 0.405 e. The molecule has 2 aromatic rings. The predicted molar refractivity (Wildman–Crippen MR) is 102 cm³/mol. The topological polar surface area (TPSA) is 157 Å². The number of urea groups is 1. The molecule has 1 aromatic carbocycles. The third-order valence-electron chi connectivity index (χ3n) is 4.35. The molecular weight excluding hydrogens is 439 g/mol. The first-order chi connectivity index (χ1) is 15.0. The number of aromatic amines is 2. The summed E-state index contributed by atoms with van der Waals surface area (Å²) in [5.74, 6) is -1.37. The van der Waals surface area contributed by atoms with Gasteiger partial charge in [0, 0.05) is 24.7 Å². The van der Waals surface area contributed by atoms with Crippen LogP contribution in [0.4, 0.5) is 18.0 Å². The Hall–Kier alpha value is -3.94. The molecule has 1 atom stereocenters. The molecule has 1 aliphatic rings. The lowest BCUT2D eigenvalue weighted by molar-refractivity contribution is -0.274. The lowest BCUT2D eigenvalue weighted by Gasteiger charge is -2.29. The Morgan fingerprint density at radius 1 is 1.25 bits per heavy atom. The number of alkyl halides is 3. The zero-order valence-corrected chi connectivity index (χ0v) is 16.1. The van der Waals surface area contributed by atoms with Gasteiger partial charge in [0.2, 0.25) is 0 Å². The minimum atomic E-state index is -4.92. The van der Waals surface area contributed by atoms with Crippen LogP contribution >= 0.6 is 0 Å². The van der Waals surface area contributed by atoms with E-state index in [1.165, 1.54) is 18.2 Å². The number of carbonyl (C=O) groups is 2. The number of nitrogens with one attached hydrogen (secondary N) is 3. The first-order valence-electron chi connectivity index (χ1n) is 9.02. The van der Waals surface area contributed by atoms with Crippen LogP contribution in [0.5, 0.6) is 5.75 Å². The van der Waals surface area contributed by atoms with Crippen molar-refractivity contribution in [2.45, 2.75) is 32.1 Å². The van der Waals surface area contributed by atoms with Crippen molar-refractivity contribution < 1.29 is 32.6 Å². The van der Waals surface area contributed by atoms with Crippen molar-refractivity contribution in [3.63, 3.8) is 0 Å². The standard InChI is InChI=1S/C18H16F3N5O6/c19-18(20,21)32-12-4-2-1-3-9(12)6-22-15(29)11-5-13(27)26(17(31)24-11)8-10-7-23-16(30)25-14(10)28/h1-4,7,13,27H,5-6,8H2,(H,22,29)(H2,23,25,28,30). The molecule has 170 valence electrons. The summed E-state index contributed by atoms with van der Waals surface area (Å²) in [6.07, 6.45) is -5.73. The van der Waals surface area contributed by atoms with Gasteiger partial charge in [0.1, 0.15) is 17.7 Å². The van der Waals surface area contributed by atoms with E-state index in [0.717, 1.165) is 17.2 Å². The highest BCUT2D eigenvalue weighted by molar-refractivity contribution is 6.40. The Kier molecular flexibility index (Phi) is 6.43. The van der Waals surface area contributed by atoms with Gasteiger partial charge < -0.3 is 20.1 Å². The number of benzene rings is 1. The van der Waals surface area contributed by atoms with Gasteiger partial charge >= 0.3 is 18.1 Å². The molecule has 14 heteroatoms. The number of rotatable bonds is 6. The van der Waals surface area contributed by atoms with E-state index in [1.807, 2.05) is 4.98 Å². The second-order valence-electron chi connectivity index (χ2n) is 6.59. The lowest BCUT2D eigenvalue weighted by atomic mass is 10.1. The van der Waals surface area contributed by atoms with Gasteiger partial charge in [0.15, 0.2) is 0 Å². The molecule has 0 saturated heterocycles. The molecule has 11 nitrogen and oxygen atoms in total. The summed E-state index contributed by atoms with van der Waals surface area (Å²) in [7, 11) is 0. The number of halogens is 3. The summed E-state index contributed by atoms with van der Waals surface area (Å²) in [5, 5.41) is 12.6. The van der Waals surface area contributed by atoms with Crippen molar-refractivity contribution in [2.75, 3.05) is 0 Å². The number of aliphatic imine (C=N–C) groups is 1. The molecule has 1 aliphatic heterocycles. The van der Waals surface area contributed by atoms with Crippen molar-refractivity contribution in [3.8, 4) is 5.75 Å². The maximum atomic E-state index is 12.5. The summed E-state index contributed by atoms with van der Waals surface area (Å²) < 4.78 is 41.4. The number of aliphatic hydroxyl groups is 1. The number of aromatic nitrogens is 2. The van der Waals surface area contributed by atoms with Crippen molar-refractivity contribution in [1.82, 2.24) is 20.2 Å². The molecule has 0 bridgehead atoms. The molecule has 3 rings (SSSR count). The number of carbonyl (C=O) groups excluding carboxylic acids is 2. The molecule has 0 radical (unpaired) electrons. The Balaban J connectivity index is 1.68. The number of H-pyrrole nitrogens is 2. The van der Waals surface area contributed by atoms with Gasteiger partial charge in [-0.3, -0.25) is 19.5 Å². The number of aliphatic hydroxyl groups excluding tert-OH is 1. The maximum absolute atomic E-state index is 12.5. The van der Waals surface area contributed by atoms with Crippen LogP contribution in [0.2, 0.25) is 0 Å². The number of para-hydroxylation sites is 1. The van der Waals surface area contributed by atoms with Gasteiger partial charge in [-0.15, -0.1) is 13.2 Å². The minimum absolute atomic E-state index is 0.0265. The van der Waals surface area contributed by atoms with Crippen molar-refractivity contribution in [1.29, 1.82) is 0 Å². The van der Waals surface area contributed by atoms with Gasteiger partial charge in [-0.1, -0.05) is 18.2 Å². The van der Waals surface area contributed by atoms with Crippen LogP contribution in [-0.4, -0.2) is 50.2 Å². The zero-order valence-electron chi connectivity index (χ0n) is 16.1. The van der Waals surface area contributed by atoms with Crippen LogP contribution in [0.3, 0.4) is 0 Å². The Morgan fingerprint density at radius 3 is 2.62 bits per heavy atom. The van der Waals surface area contributed by atoms with Crippen molar-refractivity contribution >= 4 is 17.6 Å². The zero-order chi connectivity index (χ0) is 23.5. The molecule has 0 fully saturated rings. The van der Waals surface area contributed by atoms with Crippen LogP contribution in [-0.2, 0) is 17.9 Å². The van der Waals surface area contributed by atoms with Crippen molar-refractivity contribution in [3.05, 3.63) is 62.4 Å². The third kappa shape index (κ3) is 5.60. The van der Waals surface area contributed by atoms with Gasteiger partial charge in [0.25, 0.3) is 11.5 Å². The minimum Gasteiger partial charge on any atom is -0.405 e. The molecule has 3 amide bonds. The van der Waals surface area contributed by atoms with Crippen LogP contribution in [0.15, 0.2) is 45.0 Å². The van der Waals surface area contributed by atoms with Gasteiger partial charge in [-0.25, -0.2) is 9.59 Å². The van der Waals surface area contributed by atoms with E-state index in [1.54, 1.807) is 0 Å². The third-order valence-corrected chi connectivity index (χ3v) is 4.35. The molecule has 4 N–H and O–H groups in total. The number of nitrogens with zero attached hydrogens (tertiary/aromatic N) is 2. The summed E-state index contributed by atoms with van der Waals surface area (Å²) in [6.45, 7) is -0.739. The van der Waals surface area contributed by atoms with Crippen LogP contribution in [0.1, 0.15) is 17.5 Å². The van der Waals surface area contributed by atoms with Crippen LogP contribution in [0, 0.1) is 0 Å². The monoisotopic (exact) mass is 455 g/mol. The number of hydrogen-bond acceptors (Lipinski definition) is 6. The van der Waals surface area contributed by atoms with Crippen LogP contribution < -0.4 is 21.3 Å². The van der Waals surface area contributed by atoms with Gasteiger partial charge in [0.05, 0.1) is 12.1 Å². The van der Waals surface area contributed by atoms with Gasteiger partial charge in [-0.05, 0) is 6.07 Å². The summed E-state index contributed by atoms with van der Waals surface area (Å²) >= 11 is 0. The first-order valence-corrected chi connectivity index (χ1v) is 9.02. The SMILES string of the molecule is O=C(NCc1ccccc1OC(F)(F)F)C1=NC(=O)N(Cc2c[nH]c(=O)[nH]c2=O)C(O)C1. The molecule has 1 aromatic heterocycles. The molecule has 0 spiro atoms. The van der Waals surface area contributed by atoms with E-state index in [0.29, 0.717) is 0 Å². The highest BCUT2D eigenvalue weighted by Gasteiger charge is 2.33. The fourth-order valence-electron chi connectivity index (χ4n) is 2.84. The largest absolute Gasteiger partial charge is 0.573 e. The molecule has 2 heterocycles. The normalized spacial score (nSPS) is 16.5. The molecule has 1 unspecified atom stereocenters. The van der Waals surface area contributed by atoms with E-state index in [2.05, 4.69) is 20.0 Å². The molecule has 0 aliphatic carbocycles. The number of amides is 3. The molecule has 32 heavy (non-hydrogen) atoms. The van der Waals surface area contributed by atoms with Crippen LogP contribution in [0.25, 0.3) is 0 Å². The predicted octanol–water partition coefficient (Wildman–Crippen LogP) is 0.363. The lowest BCUT2D eigenvalue weighted by Crippen LogP contribution is -2.47. The number of ether oxygens (including phenoxy) is 1. The fraction of sp³-hybridized carbons (Fsp3) is 0.278. The molecule has 0 saturated carbocycles. The highest BCUT2D eigenvalue weighted by atomic mass is 19.4. The van der Waals surface area contributed by atoms with Gasteiger partial charge in [-0.2, -0.15) is 4.99 Å². The van der Waals surface area contributed by atoms with Crippen molar-refractivity contribution in [2.24, 2.45) is 4.99 Å². The Morgan fingerprint density at radius 2 is 1.97 bits per heavy atom. The maximum Gasteiger partial charge on any atom is 0.573 e. The van der Waals surface area contributed by atoms with E-state index < -0.39 is 41.5 Å². The quantitative estimate of drug-likeness (QED) is 0.493. The highest BCUT2D eigenvalue weighted by Crippen LogP contribution is 2.26. The second kappa shape index (κ2) is 9.05. The summed E-state index contributed by atoms with van der Waals surface area (Å²) in [6, 6.07) is 4.16. The first kappa shape index (κ1) is 22.7. The second-order valence-corrected chi connectivity index (χ2v) is 6.59. The van der Waals surface area contributed by atoms with E-state index in [9.17, 15) is 37.5 Å². The average molecular weight is 455 g/mol. The van der Waals surface area contributed by atoms with E-state index in [-0.39, 0.29) is 36.3 Å². The summed E-state index contributed by atoms with van der Waals surface area (Å²) in [5.41, 5.74) is -1.85. The fourth-order valence-corrected chi connectivity index (χ4v) is 2.84. The average Bonchev–Trinajstić information content (AvgIpc) is 2.70. The Labute approximate surface area is 176 Å². The Bertz CT molecular complexity index is 1170. The number of hydrogen-bond donors (Lipinski definition) is 4. The molecular formula is C18H16F3N5O6.